The van der Waals surface area contributed by atoms with E-state index >= 15 is 0 Å². The van der Waals surface area contributed by atoms with Gasteiger partial charge >= 0.3 is 0 Å². The lowest BCUT2D eigenvalue weighted by Crippen LogP contribution is -2.50. The van der Waals surface area contributed by atoms with Crippen LogP contribution in [0.3, 0.4) is 0 Å². The predicted molar refractivity (Wildman–Crippen MR) is 94.5 cm³/mol. The van der Waals surface area contributed by atoms with Gasteiger partial charge in [0.1, 0.15) is 5.37 Å². The van der Waals surface area contributed by atoms with Crippen LogP contribution < -0.4 is 0 Å². The molecule has 0 aliphatic carbocycles. The van der Waals surface area contributed by atoms with Crippen LogP contribution in [-0.2, 0) is 9.59 Å². The van der Waals surface area contributed by atoms with Crippen LogP contribution in [-0.4, -0.2) is 71.5 Å². The van der Waals surface area contributed by atoms with Gasteiger partial charge in [-0.15, -0.1) is 23.1 Å². The van der Waals surface area contributed by atoms with E-state index in [2.05, 4.69) is 16.3 Å². The Hall–Kier alpha value is -1.05. The number of amides is 2. The van der Waals surface area contributed by atoms with Crippen LogP contribution in [0.15, 0.2) is 17.5 Å². The first kappa shape index (κ1) is 16.8. The van der Waals surface area contributed by atoms with Gasteiger partial charge in [0.2, 0.25) is 11.8 Å². The number of nitrogens with zero attached hydrogens (tertiary/aromatic N) is 3. The minimum absolute atomic E-state index is 0.186. The highest BCUT2D eigenvalue weighted by molar-refractivity contribution is 8.00. The molecular formula is C16H23N3O2S2. The Bertz CT molecular complexity index is 542. The molecule has 126 valence electrons. The molecule has 0 saturated carbocycles. The van der Waals surface area contributed by atoms with Gasteiger partial charge < -0.3 is 9.80 Å². The molecule has 5 nitrogen and oxygen atoms in total. The van der Waals surface area contributed by atoms with Crippen molar-refractivity contribution in [3.8, 4) is 0 Å². The van der Waals surface area contributed by atoms with E-state index in [9.17, 15) is 9.59 Å². The fourth-order valence-electron chi connectivity index (χ4n) is 3.06. The lowest BCUT2D eigenvalue weighted by molar-refractivity contribution is -0.132. The molecule has 0 N–H and O–H groups in total. The van der Waals surface area contributed by atoms with Crippen molar-refractivity contribution in [1.29, 1.82) is 0 Å². The largest absolute Gasteiger partial charge is 0.340 e. The zero-order valence-corrected chi connectivity index (χ0v) is 15.1. The molecule has 2 aliphatic rings. The highest BCUT2D eigenvalue weighted by Gasteiger charge is 2.33. The Morgan fingerprint density at radius 1 is 1.26 bits per heavy atom. The maximum Gasteiger partial charge on any atom is 0.233 e. The Morgan fingerprint density at radius 3 is 2.70 bits per heavy atom. The summed E-state index contributed by atoms with van der Waals surface area (Å²) in [7, 11) is 0. The summed E-state index contributed by atoms with van der Waals surface area (Å²) in [6.45, 7) is 7.01. The number of hydrogen-bond donors (Lipinski definition) is 0. The normalized spacial score (nSPS) is 22.8. The molecule has 2 aliphatic heterocycles. The zero-order chi connectivity index (χ0) is 16.2. The summed E-state index contributed by atoms with van der Waals surface area (Å²) in [5.41, 5.74) is 0. The van der Waals surface area contributed by atoms with Crippen LogP contribution in [0.5, 0.6) is 0 Å². The summed E-state index contributed by atoms with van der Waals surface area (Å²) < 4.78 is 0. The second-order valence-corrected chi connectivity index (χ2v) is 7.89. The van der Waals surface area contributed by atoms with Gasteiger partial charge in [-0.3, -0.25) is 14.5 Å². The number of thioether (sulfide) groups is 1. The molecule has 3 rings (SSSR count). The van der Waals surface area contributed by atoms with E-state index < -0.39 is 0 Å². The van der Waals surface area contributed by atoms with Gasteiger partial charge in [0.15, 0.2) is 0 Å². The van der Waals surface area contributed by atoms with Gasteiger partial charge in [0.05, 0.1) is 5.75 Å². The smallest absolute Gasteiger partial charge is 0.233 e. The third kappa shape index (κ3) is 3.89. The molecule has 0 aromatic carbocycles. The summed E-state index contributed by atoms with van der Waals surface area (Å²) in [5, 5.41) is 2.26. The molecule has 2 amide bonds. The molecule has 1 aromatic rings. The molecule has 1 atom stereocenters. The predicted octanol–water partition coefficient (Wildman–Crippen LogP) is 1.88. The van der Waals surface area contributed by atoms with Crippen molar-refractivity contribution in [2.24, 2.45) is 0 Å². The second-order valence-electron chi connectivity index (χ2n) is 5.84. The van der Waals surface area contributed by atoms with Crippen molar-refractivity contribution in [3.63, 3.8) is 0 Å². The minimum Gasteiger partial charge on any atom is -0.340 e. The van der Waals surface area contributed by atoms with Crippen molar-refractivity contribution in [1.82, 2.24) is 14.7 Å². The van der Waals surface area contributed by atoms with E-state index in [-0.39, 0.29) is 17.2 Å². The van der Waals surface area contributed by atoms with Crippen LogP contribution in [0.1, 0.15) is 23.6 Å². The summed E-state index contributed by atoms with van der Waals surface area (Å²) in [5.74, 6) is 1.07. The Labute approximate surface area is 145 Å². The average Bonchev–Trinajstić information content (AvgIpc) is 3.22. The quantitative estimate of drug-likeness (QED) is 0.811. The van der Waals surface area contributed by atoms with E-state index in [4.69, 9.17) is 0 Å². The molecule has 3 heterocycles. The van der Waals surface area contributed by atoms with Gasteiger partial charge in [-0.25, -0.2) is 0 Å². The molecule has 2 saturated heterocycles. The third-order valence-electron chi connectivity index (χ3n) is 4.44. The molecule has 7 heteroatoms. The van der Waals surface area contributed by atoms with Gasteiger partial charge in [-0.2, -0.15) is 0 Å². The van der Waals surface area contributed by atoms with E-state index in [0.29, 0.717) is 12.2 Å². The number of carbonyl (C=O) groups is 2. The maximum absolute atomic E-state index is 12.2. The van der Waals surface area contributed by atoms with Gasteiger partial charge in [0, 0.05) is 50.6 Å². The highest BCUT2D eigenvalue weighted by atomic mass is 32.2. The van der Waals surface area contributed by atoms with Crippen LogP contribution >= 0.6 is 23.1 Å². The van der Waals surface area contributed by atoms with E-state index in [1.165, 1.54) is 4.88 Å². The zero-order valence-electron chi connectivity index (χ0n) is 13.4. The fourth-order valence-corrected chi connectivity index (χ4v) is 5.25. The fraction of sp³-hybridized carbons (Fsp3) is 0.625. The minimum atomic E-state index is 0.186. The van der Waals surface area contributed by atoms with Crippen molar-refractivity contribution >= 4 is 34.9 Å². The molecular weight excluding hydrogens is 330 g/mol. The van der Waals surface area contributed by atoms with E-state index in [1.807, 2.05) is 22.8 Å². The van der Waals surface area contributed by atoms with Gasteiger partial charge in [-0.1, -0.05) is 13.0 Å². The topological polar surface area (TPSA) is 43.9 Å². The summed E-state index contributed by atoms with van der Waals surface area (Å²) >= 11 is 3.45. The Kier molecular flexibility index (Phi) is 5.61. The summed E-state index contributed by atoms with van der Waals surface area (Å²) in [4.78, 5) is 31.5. The molecule has 23 heavy (non-hydrogen) atoms. The number of thiophene rings is 1. The monoisotopic (exact) mass is 353 g/mol. The average molecular weight is 354 g/mol. The van der Waals surface area contributed by atoms with Crippen LogP contribution in [0.25, 0.3) is 0 Å². The number of rotatable bonds is 5. The van der Waals surface area contributed by atoms with Crippen LogP contribution in [0.2, 0.25) is 0 Å². The molecule has 1 aromatic heterocycles. The van der Waals surface area contributed by atoms with E-state index in [1.54, 1.807) is 23.1 Å². The standard InChI is InChI=1S/C16H23N3O2S2/c1-2-14(20)18-8-5-17(6-9-18)7-10-19-15(21)12-23-16(19)13-4-3-11-22-13/h3-4,11,16H,2,5-10,12H2,1H3. The lowest BCUT2D eigenvalue weighted by atomic mass is 10.2. The van der Waals surface area contributed by atoms with Crippen LogP contribution in [0, 0.1) is 0 Å². The number of hydrogen-bond acceptors (Lipinski definition) is 5. The molecule has 1 unspecified atom stereocenters. The van der Waals surface area contributed by atoms with Crippen LogP contribution in [0.4, 0.5) is 0 Å². The summed E-state index contributed by atoms with van der Waals surface area (Å²) in [6, 6.07) is 4.16. The molecule has 0 spiro atoms. The highest BCUT2D eigenvalue weighted by Crippen LogP contribution is 2.40. The Balaban J connectivity index is 1.50. The van der Waals surface area contributed by atoms with Crippen molar-refractivity contribution in [3.05, 3.63) is 22.4 Å². The van der Waals surface area contributed by atoms with Gasteiger partial charge in [-0.05, 0) is 11.4 Å². The third-order valence-corrected chi connectivity index (χ3v) is 6.75. The SMILES string of the molecule is CCC(=O)N1CCN(CCN2C(=O)CSC2c2cccs2)CC1. The first-order valence-electron chi connectivity index (χ1n) is 8.13. The molecule has 2 fully saturated rings. The Morgan fingerprint density at radius 2 is 2.04 bits per heavy atom. The van der Waals surface area contributed by atoms with E-state index in [0.717, 1.165) is 39.3 Å². The van der Waals surface area contributed by atoms with Crippen molar-refractivity contribution < 1.29 is 9.59 Å². The number of carbonyl (C=O) groups excluding carboxylic acids is 2. The summed E-state index contributed by atoms with van der Waals surface area (Å²) in [6.07, 6.45) is 0.585. The number of piperazine rings is 1. The van der Waals surface area contributed by atoms with Gasteiger partial charge in [0.25, 0.3) is 0 Å². The second kappa shape index (κ2) is 7.68. The van der Waals surface area contributed by atoms with Crippen molar-refractivity contribution in [2.45, 2.75) is 18.7 Å². The maximum atomic E-state index is 12.2. The molecule has 0 radical (unpaired) electrons. The van der Waals surface area contributed by atoms with Crippen molar-refractivity contribution in [2.75, 3.05) is 45.0 Å². The molecule has 0 bridgehead atoms. The first-order valence-corrected chi connectivity index (χ1v) is 10.1. The first-order chi connectivity index (χ1) is 11.2. The lowest BCUT2D eigenvalue weighted by Gasteiger charge is -2.35.